The Kier molecular flexibility index (Phi) is 4.48. The molecule has 0 atom stereocenters. The van der Waals surface area contributed by atoms with Crippen molar-refractivity contribution in [3.8, 4) is 0 Å². The first-order valence-corrected chi connectivity index (χ1v) is 8.62. The molecule has 1 aromatic heterocycles. The van der Waals surface area contributed by atoms with E-state index in [9.17, 15) is 4.79 Å². The third kappa shape index (κ3) is 3.08. The van der Waals surface area contributed by atoms with E-state index in [0.717, 1.165) is 23.4 Å². The van der Waals surface area contributed by atoms with Crippen LogP contribution in [0.25, 0.3) is 0 Å². The summed E-state index contributed by atoms with van der Waals surface area (Å²) in [6, 6.07) is 3.25. The third-order valence-electron chi connectivity index (χ3n) is 5.37. The van der Waals surface area contributed by atoms with Gasteiger partial charge in [0.15, 0.2) is 0 Å². The maximum Gasteiger partial charge on any atom is 0.255 e. The van der Waals surface area contributed by atoms with Crippen LogP contribution in [0, 0.1) is 13.8 Å². The average Bonchev–Trinajstić information content (AvgIpc) is 3.10. The van der Waals surface area contributed by atoms with E-state index in [2.05, 4.69) is 29.8 Å². The lowest BCUT2D eigenvalue weighted by atomic mass is 10.1. The van der Waals surface area contributed by atoms with Crippen molar-refractivity contribution < 1.29 is 0 Å². The van der Waals surface area contributed by atoms with Crippen molar-refractivity contribution in [3.05, 3.63) is 33.2 Å². The highest BCUT2D eigenvalue weighted by atomic mass is 16.1. The fourth-order valence-corrected chi connectivity index (χ4v) is 4.15. The maximum atomic E-state index is 12.9. The van der Waals surface area contributed by atoms with E-state index in [-0.39, 0.29) is 5.56 Å². The molecule has 0 aromatic carbocycles. The standard InChI is InChI=1S/C18H28N2O/c1-13-11-14(2)20(16-9-5-6-10-16)18(21)17(13)12-19-15-7-3-4-8-15/h11,15-16,19H,3-10,12H2,1-2H3. The van der Waals surface area contributed by atoms with Gasteiger partial charge in [-0.3, -0.25) is 4.79 Å². The van der Waals surface area contributed by atoms with Crippen LogP contribution in [0.2, 0.25) is 0 Å². The molecule has 3 nitrogen and oxygen atoms in total. The summed E-state index contributed by atoms with van der Waals surface area (Å²) in [4.78, 5) is 12.9. The van der Waals surface area contributed by atoms with Crippen LogP contribution in [-0.2, 0) is 6.54 Å². The molecular formula is C18H28N2O. The highest BCUT2D eigenvalue weighted by molar-refractivity contribution is 5.27. The molecule has 2 aliphatic carbocycles. The quantitative estimate of drug-likeness (QED) is 0.918. The molecule has 0 saturated heterocycles. The van der Waals surface area contributed by atoms with Gasteiger partial charge < -0.3 is 9.88 Å². The summed E-state index contributed by atoms with van der Waals surface area (Å²) in [5.41, 5.74) is 3.52. The molecule has 0 amide bonds. The number of rotatable bonds is 4. The Morgan fingerprint density at radius 2 is 1.71 bits per heavy atom. The number of nitrogens with one attached hydrogen (secondary N) is 1. The zero-order chi connectivity index (χ0) is 14.8. The molecule has 2 aliphatic rings. The minimum Gasteiger partial charge on any atom is -0.310 e. The van der Waals surface area contributed by atoms with Crippen LogP contribution in [0.4, 0.5) is 0 Å². The zero-order valence-electron chi connectivity index (χ0n) is 13.5. The Labute approximate surface area is 127 Å². The molecule has 0 aliphatic heterocycles. The molecular weight excluding hydrogens is 260 g/mol. The lowest BCUT2D eigenvalue weighted by Gasteiger charge is -2.21. The Morgan fingerprint density at radius 3 is 2.38 bits per heavy atom. The number of aromatic nitrogens is 1. The van der Waals surface area contributed by atoms with E-state index in [1.807, 2.05) is 0 Å². The first kappa shape index (κ1) is 14.8. The van der Waals surface area contributed by atoms with E-state index < -0.39 is 0 Å². The van der Waals surface area contributed by atoms with Gasteiger partial charge in [0.1, 0.15) is 0 Å². The lowest BCUT2D eigenvalue weighted by Crippen LogP contribution is -2.34. The number of aryl methyl sites for hydroxylation is 2. The minimum absolute atomic E-state index is 0.255. The number of pyridine rings is 1. The molecule has 3 heteroatoms. The maximum absolute atomic E-state index is 12.9. The molecule has 0 spiro atoms. The van der Waals surface area contributed by atoms with Gasteiger partial charge in [0.2, 0.25) is 0 Å². The monoisotopic (exact) mass is 288 g/mol. The van der Waals surface area contributed by atoms with Crippen LogP contribution in [0.5, 0.6) is 0 Å². The van der Waals surface area contributed by atoms with Gasteiger partial charge >= 0.3 is 0 Å². The first-order chi connectivity index (χ1) is 10.2. The fourth-order valence-electron chi connectivity index (χ4n) is 4.15. The van der Waals surface area contributed by atoms with Crippen molar-refractivity contribution >= 4 is 0 Å². The van der Waals surface area contributed by atoms with E-state index >= 15 is 0 Å². The van der Waals surface area contributed by atoms with Gasteiger partial charge in [0, 0.05) is 29.9 Å². The second-order valence-electron chi connectivity index (χ2n) is 6.92. The Bertz CT molecular complexity index is 549. The second-order valence-corrected chi connectivity index (χ2v) is 6.92. The second kappa shape index (κ2) is 6.35. The summed E-state index contributed by atoms with van der Waals surface area (Å²) >= 11 is 0. The van der Waals surface area contributed by atoms with Crippen LogP contribution in [-0.4, -0.2) is 10.6 Å². The van der Waals surface area contributed by atoms with Crippen LogP contribution >= 0.6 is 0 Å². The molecule has 0 bridgehead atoms. The van der Waals surface area contributed by atoms with Crippen LogP contribution in [0.1, 0.15) is 74.2 Å². The molecule has 0 radical (unpaired) electrons. The molecule has 1 heterocycles. The van der Waals surface area contributed by atoms with Gasteiger partial charge in [0.25, 0.3) is 5.56 Å². The SMILES string of the molecule is Cc1cc(C)n(C2CCCC2)c(=O)c1CNC1CCCC1. The normalized spacial score (nSPS) is 20.5. The minimum atomic E-state index is 0.255. The average molecular weight is 288 g/mol. The van der Waals surface area contributed by atoms with Crippen molar-refractivity contribution in [1.29, 1.82) is 0 Å². The van der Waals surface area contributed by atoms with Crippen molar-refractivity contribution in [2.24, 2.45) is 0 Å². The number of nitrogens with zero attached hydrogens (tertiary/aromatic N) is 1. The molecule has 1 aromatic rings. The van der Waals surface area contributed by atoms with Crippen LogP contribution in [0.15, 0.2) is 10.9 Å². The van der Waals surface area contributed by atoms with E-state index in [4.69, 9.17) is 0 Å². The van der Waals surface area contributed by atoms with Crippen molar-refractivity contribution in [3.63, 3.8) is 0 Å². The predicted molar refractivity (Wildman–Crippen MR) is 86.8 cm³/mol. The summed E-state index contributed by atoms with van der Waals surface area (Å²) in [7, 11) is 0. The molecule has 21 heavy (non-hydrogen) atoms. The third-order valence-corrected chi connectivity index (χ3v) is 5.37. The summed E-state index contributed by atoms with van der Waals surface area (Å²) in [5, 5.41) is 3.60. The van der Waals surface area contributed by atoms with Gasteiger partial charge in [-0.05, 0) is 51.2 Å². The van der Waals surface area contributed by atoms with Crippen molar-refractivity contribution in [2.45, 2.75) is 83.8 Å². The highest BCUT2D eigenvalue weighted by Crippen LogP contribution is 2.29. The summed E-state index contributed by atoms with van der Waals surface area (Å²) in [6.45, 7) is 4.91. The van der Waals surface area contributed by atoms with Crippen LogP contribution < -0.4 is 10.9 Å². The van der Waals surface area contributed by atoms with Gasteiger partial charge in [0.05, 0.1) is 0 Å². The van der Waals surface area contributed by atoms with Gasteiger partial charge in [-0.1, -0.05) is 25.7 Å². The zero-order valence-corrected chi connectivity index (χ0v) is 13.5. The van der Waals surface area contributed by atoms with Crippen molar-refractivity contribution in [2.75, 3.05) is 0 Å². The summed E-state index contributed by atoms with van der Waals surface area (Å²) < 4.78 is 2.08. The topological polar surface area (TPSA) is 34.0 Å². The van der Waals surface area contributed by atoms with Crippen LogP contribution in [0.3, 0.4) is 0 Å². The van der Waals surface area contributed by atoms with Crippen molar-refractivity contribution in [1.82, 2.24) is 9.88 Å². The van der Waals surface area contributed by atoms with E-state index in [0.29, 0.717) is 12.1 Å². The van der Waals surface area contributed by atoms with Gasteiger partial charge in [-0.15, -0.1) is 0 Å². The molecule has 1 N–H and O–H groups in total. The molecule has 116 valence electrons. The van der Waals surface area contributed by atoms with Gasteiger partial charge in [-0.2, -0.15) is 0 Å². The van der Waals surface area contributed by atoms with Gasteiger partial charge in [-0.25, -0.2) is 0 Å². The predicted octanol–water partition coefficient (Wildman–Crippen LogP) is 3.61. The Hall–Kier alpha value is -1.09. The molecule has 0 unspecified atom stereocenters. The lowest BCUT2D eigenvalue weighted by molar-refractivity contribution is 0.477. The largest absolute Gasteiger partial charge is 0.310 e. The first-order valence-electron chi connectivity index (χ1n) is 8.62. The molecule has 3 rings (SSSR count). The fraction of sp³-hybridized carbons (Fsp3) is 0.722. The Balaban J connectivity index is 1.84. The van der Waals surface area contributed by atoms with E-state index in [1.54, 1.807) is 0 Å². The number of hydrogen-bond acceptors (Lipinski definition) is 2. The number of hydrogen-bond donors (Lipinski definition) is 1. The summed E-state index contributed by atoms with van der Waals surface area (Å²) in [6.07, 6.45) is 10.1. The summed E-state index contributed by atoms with van der Waals surface area (Å²) in [5.74, 6) is 0. The smallest absolute Gasteiger partial charge is 0.255 e. The highest BCUT2D eigenvalue weighted by Gasteiger charge is 2.22. The molecule has 2 fully saturated rings. The Morgan fingerprint density at radius 1 is 1.10 bits per heavy atom. The molecule has 2 saturated carbocycles. The van der Waals surface area contributed by atoms with E-state index in [1.165, 1.54) is 51.4 Å².